The largest absolute Gasteiger partial charge is 0.335 e. The fourth-order valence-corrected chi connectivity index (χ4v) is 2.59. The van der Waals surface area contributed by atoms with Crippen molar-refractivity contribution in [3.05, 3.63) is 34.6 Å². The van der Waals surface area contributed by atoms with E-state index < -0.39 is 0 Å². The molecule has 1 saturated carbocycles. The third-order valence-corrected chi connectivity index (χ3v) is 4.09. The quantitative estimate of drug-likeness (QED) is 0.540. The molecule has 0 spiro atoms. The number of unbranched alkanes of at least 4 members (excludes halogenated alkanes) is 1. The van der Waals surface area contributed by atoms with Crippen LogP contribution in [0.25, 0.3) is 0 Å². The number of benzene rings is 1. The minimum atomic E-state index is -0.350. The van der Waals surface area contributed by atoms with Gasteiger partial charge in [-0.3, -0.25) is 4.79 Å². The maximum atomic E-state index is 13.8. The van der Waals surface area contributed by atoms with Crippen molar-refractivity contribution in [3.8, 4) is 0 Å². The Bertz CT molecular complexity index is 457. The monoisotopic (exact) mass is 317 g/mol. The maximum Gasteiger partial charge on any atom is 0.223 e. The second-order valence-electron chi connectivity index (χ2n) is 5.10. The van der Waals surface area contributed by atoms with Gasteiger partial charge in [0.25, 0.3) is 0 Å². The summed E-state index contributed by atoms with van der Waals surface area (Å²) in [4.78, 5) is 14.0. The lowest BCUT2D eigenvalue weighted by Gasteiger charge is -2.23. The number of carbonyl (C=O) groups excluding carboxylic acids is 1. The van der Waals surface area contributed by atoms with Crippen LogP contribution in [0.1, 0.15) is 37.7 Å². The van der Waals surface area contributed by atoms with E-state index in [0.29, 0.717) is 22.9 Å². The SMILES string of the molecule is O=C(CCCCCl)N(Cc1c(F)cccc1Cl)C1CC1. The molecule has 1 aromatic carbocycles. The maximum absolute atomic E-state index is 13.8. The molecule has 1 aliphatic carbocycles. The van der Waals surface area contributed by atoms with Crippen LogP contribution in [0.3, 0.4) is 0 Å². The number of halogens is 3. The Balaban J connectivity index is 2.04. The second kappa shape index (κ2) is 7.28. The Morgan fingerprint density at radius 3 is 2.70 bits per heavy atom. The smallest absolute Gasteiger partial charge is 0.223 e. The van der Waals surface area contributed by atoms with Gasteiger partial charge in [0, 0.05) is 28.9 Å². The molecule has 0 heterocycles. The summed E-state index contributed by atoms with van der Waals surface area (Å²) >= 11 is 11.7. The van der Waals surface area contributed by atoms with Crippen LogP contribution in [-0.2, 0) is 11.3 Å². The molecule has 1 aromatic rings. The molecule has 1 aliphatic rings. The van der Waals surface area contributed by atoms with Gasteiger partial charge in [-0.15, -0.1) is 11.6 Å². The standard InChI is InChI=1S/C15H18Cl2FNO/c16-9-2-1-6-15(20)19(11-7-8-11)10-12-13(17)4-3-5-14(12)18/h3-5,11H,1-2,6-10H2. The lowest BCUT2D eigenvalue weighted by molar-refractivity contribution is -0.132. The first kappa shape index (κ1) is 15.6. The summed E-state index contributed by atoms with van der Waals surface area (Å²) in [5.74, 6) is 0.282. The normalized spacial score (nSPS) is 14.3. The molecule has 0 bridgehead atoms. The van der Waals surface area contributed by atoms with Crippen LogP contribution in [-0.4, -0.2) is 22.7 Å². The molecule has 20 heavy (non-hydrogen) atoms. The lowest BCUT2D eigenvalue weighted by Crippen LogP contribution is -2.32. The second-order valence-corrected chi connectivity index (χ2v) is 5.88. The van der Waals surface area contributed by atoms with Crippen molar-refractivity contribution in [2.75, 3.05) is 5.88 Å². The first-order chi connectivity index (χ1) is 9.63. The molecule has 0 aliphatic heterocycles. The highest BCUT2D eigenvalue weighted by Gasteiger charge is 2.33. The molecule has 0 unspecified atom stereocenters. The summed E-state index contributed by atoms with van der Waals surface area (Å²) in [6, 6.07) is 4.85. The minimum Gasteiger partial charge on any atom is -0.335 e. The summed E-state index contributed by atoms with van der Waals surface area (Å²) in [5.41, 5.74) is 0.409. The number of nitrogens with zero attached hydrogens (tertiary/aromatic N) is 1. The Kier molecular flexibility index (Phi) is 5.67. The number of rotatable bonds is 7. The molecule has 0 saturated heterocycles. The average Bonchev–Trinajstić information content (AvgIpc) is 3.23. The van der Waals surface area contributed by atoms with Gasteiger partial charge in [0.1, 0.15) is 5.82 Å². The summed E-state index contributed by atoms with van der Waals surface area (Å²) in [6.07, 6.45) is 4.05. The van der Waals surface area contributed by atoms with E-state index in [2.05, 4.69) is 0 Å². The molecule has 2 rings (SSSR count). The highest BCUT2D eigenvalue weighted by atomic mass is 35.5. The number of hydrogen-bond acceptors (Lipinski definition) is 1. The zero-order valence-electron chi connectivity index (χ0n) is 11.2. The van der Waals surface area contributed by atoms with Crippen LogP contribution in [0.15, 0.2) is 18.2 Å². The number of hydrogen-bond donors (Lipinski definition) is 0. The predicted octanol–water partition coefficient (Wildman–Crippen LogP) is 4.38. The Labute approximate surface area is 128 Å². The Hall–Kier alpha value is -0.800. The zero-order valence-corrected chi connectivity index (χ0v) is 12.8. The Morgan fingerprint density at radius 2 is 2.10 bits per heavy atom. The van der Waals surface area contributed by atoms with E-state index in [1.807, 2.05) is 0 Å². The average molecular weight is 318 g/mol. The van der Waals surface area contributed by atoms with Gasteiger partial charge in [0.15, 0.2) is 0 Å². The van der Waals surface area contributed by atoms with Crippen LogP contribution in [0.2, 0.25) is 5.02 Å². The van der Waals surface area contributed by atoms with Crippen LogP contribution in [0.4, 0.5) is 4.39 Å². The summed E-state index contributed by atoms with van der Waals surface area (Å²) in [7, 11) is 0. The summed E-state index contributed by atoms with van der Waals surface area (Å²) < 4.78 is 13.8. The van der Waals surface area contributed by atoms with Gasteiger partial charge in [-0.05, 0) is 37.8 Å². The lowest BCUT2D eigenvalue weighted by atomic mass is 10.1. The van der Waals surface area contributed by atoms with Gasteiger partial charge in [-0.2, -0.15) is 0 Å². The van der Waals surface area contributed by atoms with Crippen LogP contribution in [0.5, 0.6) is 0 Å². The van der Waals surface area contributed by atoms with E-state index in [9.17, 15) is 9.18 Å². The predicted molar refractivity (Wildman–Crippen MR) is 79.6 cm³/mol. The van der Waals surface area contributed by atoms with Gasteiger partial charge in [-0.25, -0.2) is 4.39 Å². The molecule has 0 aromatic heterocycles. The zero-order chi connectivity index (χ0) is 14.5. The van der Waals surface area contributed by atoms with E-state index in [-0.39, 0.29) is 24.3 Å². The number of amides is 1. The highest BCUT2D eigenvalue weighted by molar-refractivity contribution is 6.31. The van der Waals surface area contributed by atoms with Crippen molar-refractivity contribution < 1.29 is 9.18 Å². The topological polar surface area (TPSA) is 20.3 Å². The molecule has 2 nitrogen and oxygen atoms in total. The van der Waals surface area contributed by atoms with Crippen LogP contribution < -0.4 is 0 Å². The number of carbonyl (C=O) groups is 1. The molecule has 0 radical (unpaired) electrons. The van der Waals surface area contributed by atoms with Crippen molar-refractivity contribution in [2.45, 2.75) is 44.7 Å². The van der Waals surface area contributed by atoms with Gasteiger partial charge in [0.05, 0.1) is 6.54 Å². The molecule has 1 amide bonds. The van der Waals surface area contributed by atoms with Crippen LogP contribution >= 0.6 is 23.2 Å². The first-order valence-electron chi connectivity index (χ1n) is 6.92. The fraction of sp³-hybridized carbons (Fsp3) is 0.533. The minimum absolute atomic E-state index is 0.0666. The summed E-state index contributed by atoms with van der Waals surface area (Å²) in [5, 5.41) is 0.379. The summed E-state index contributed by atoms with van der Waals surface area (Å²) in [6.45, 7) is 0.260. The number of alkyl halides is 1. The van der Waals surface area contributed by atoms with E-state index >= 15 is 0 Å². The van der Waals surface area contributed by atoms with Gasteiger partial charge in [-0.1, -0.05) is 17.7 Å². The van der Waals surface area contributed by atoms with Crippen molar-refractivity contribution in [1.29, 1.82) is 0 Å². The molecule has 1 fully saturated rings. The molecular formula is C15H18Cl2FNO. The third-order valence-electron chi connectivity index (χ3n) is 3.47. The molecular weight excluding hydrogens is 300 g/mol. The van der Waals surface area contributed by atoms with E-state index in [1.54, 1.807) is 17.0 Å². The third kappa shape index (κ3) is 4.10. The van der Waals surface area contributed by atoms with E-state index in [0.717, 1.165) is 25.7 Å². The van der Waals surface area contributed by atoms with Gasteiger partial charge >= 0.3 is 0 Å². The van der Waals surface area contributed by atoms with E-state index in [1.165, 1.54) is 6.07 Å². The molecule has 5 heteroatoms. The van der Waals surface area contributed by atoms with Crippen molar-refractivity contribution >= 4 is 29.1 Å². The highest BCUT2D eigenvalue weighted by Crippen LogP contribution is 2.31. The van der Waals surface area contributed by atoms with Crippen molar-refractivity contribution in [3.63, 3.8) is 0 Å². The van der Waals surface area contributed by atoms with Crippen molar-refractivity contribution in [2.24, 2.45) is 0 Å². The first-order valence-corrected chi connectivity index (χ1v) is 7.83. The van der Waals surface area contributed by atoms with Crippen molar-refractivity contribution in [1.82, 2.24) is 4.90 Å². The molecule has 110 valence electrons. The fourth-order valence-electron chi connectivity index (χ4n) is 2.18. The molecule has 0 atom stereocenters. The van der Waals surface area contributed by atoms with Crippen LogP contribution in [0, 0.1) is 5.82 Å². The van der Waals surface area contributed by atoms with E-state index in [4.69, 9.17) is 23.2 Å². The van der Waals surface area contributed by atoms with Gasteiger partial charge in [0.2, 0.25) is 5.91 Å². The Morgan fingerprint density at radius 1 is 1.35 bits per heavy atom. The van der Waals surface area contributed by atoms with Gasteiger partial charge < -0.3 is 4.90 Å². The molecule has 0 N–H and O–H groups in total.